The molecule has 0 radical (unpaired) electrons. The zero-order chi connectivity index (χ0) is 13.8. The lowest BCUT2D eigenvalue weighted by Gasteiger charge is -2.07. The molecular weight excluding hydrogens is 242 g/mol. The Morgan fingerprint density at radius 1 is 1.42 bits per heavy atom. The van der Waals surface area contributed by atoms with Gasteiger partial charge in [0, 0.05) is 0 Å². The maximum Gasteiger partial charge on any atom is 0.360 e. The molecule has 0 aliphatic carbocycles. The predicted molar refractivity (Wildman–Crippen MR) is 71.4 cm³/mol. The van der Waals surface area contributed by atoms with Gasteiger partial charge in [-0.2, -0.15) is 0 Å². The Hall–Kier alpha value is -2.17. The number of benzene rings is 1. The van der Waals surface area contributed by atoms with Gasteiger partial charge in [0.05, 0.1) is 18.5 Å². The first-order valence-electron chi connectivity index (χ1n) is 6.31. The van der Waals surface area contributed by atoms with Crippen molar-refractivity contribution in [1.82, 2.24) is 15.0 Å². The molecule has 19 heavy (non-hydrogen) atoms. The number of carbonyl (C=O) groups excluding carboxylic acids is 1. The number of ether oxygens (including phenoxy) is 1. The fourth-order valence-corrected chi connectivity index (χ4v) is 1.71. The van der Waals surface area contributed by atoms with Crippen LogP contribution in [-0.2, 0) is 4.74 Å². The summed E-state index contributed by atoms with van der Waals surface area (Å²) in [6.45, 7) is 6.35. The Kier molecular flexibility index (Phi) is 3.94. The molecule has 0 atom stereocenters. The molecule has 0 saturated heterocycles. The molecule has 100 valence electrons. The van der Waals surface area contributed by atoms with Crippen molar-refractivity contribution in [3.05, 3.63) is 41.7 Å². The number of nitrogens with zero attached hydrogens (tertiary/aromatic N) is 3. The Labute approximate surface area is 112 Å². The van der Waals surface area contributed by atoms with Crippen molar-refractivity contribution in [2.45, 2.75) is 26.7 Å². The third-order valence-corrected chi connectivity index (χ3v) is 2.78. The highest BCUT2D eigenvalue weighted by Gasteiger charge is 2.12. The average Bonchev–Trinajstić information content (AvgIpc) is 2.89. The topological polar surface area (TPSA) is 57.0 Å². The van der Waals surface area contributed by atoms with Crippen LogP contribution in [-0.4, -0.2) is 27.6 Å². The third-order valence-electron chi connectivity index (χ3n) is 2.78. The van der Waals surface area contributed by atoms with Gasteiger partial charge >= 0.3 is 5.97 Å². The Morgan fingerprint density at radius 3 is 2.89 bits per heavy atom. The molecule has 1 heterocycles. The SMILES string of the molecule is CCOC(=O)c1cn(-c2cccc(C(C)C)c2)nn1. The summed E-state index contributed by atoms with van der Waals surface area (Å²) >= 11 is 0. The summed E-state index contributed by atoms with van der Waals surface area (Å²) in [6.07, 6.45) is 1.58. The molecule has 0 aliphatic rings. The van der Waals surface area contributed by atoms with E-state index in [2.05, 4.69) is 30.2 Å². The van der Waals surface area contributed by atoms with Crippen molar-refractivity contribution in [2.75, 3.05) is 6.61 Å². The second-order valence-electron chi connectivity index (χ2n) is 4.52. The van der Waals surface area contributed by atoms with E-state index >= 15 is 0 Å². The maximum absolute atomic E-state index is 11.5. The number of esters is 1. The second-order valence-corrected chi connectivity index (χ2v) is 4.52. The Morgan fingerprint density at radius 2 is 2.21 bits per heavy atom. The van der Waals surface area contributed by atoms with E-state index in [4.69, 9.17) is 4.74 Å². The summed E-state index contributed by atoms with van der Waals surface area (Å²) in [5, 5.41) is 7.78. The van der Waals surface area contributed by atoms with Gasteiger partial charge in [-0.1, -0.05) is 31.2 Å². The first-order valence-corrected chi connectivity index (χ1v) is 6.31. The summed E-state index contributed by atoms with van der Waals surface area (Å²) < 4.78 is 6.47. The van der Waals surface area contributed by atoms with E-state index in [-0.39, 0.29) is 5.69 Å². The molecule has 5 heteroatoms. The smallest absolute Gasteiger partial charge is 0.360 e. The Bertz CT molecular complexity index is 576. The van der Waals surface area contributed by atoms with Crippen LogP contribution in [0, 0.1) is 0 Å². The summed E-state index contributed by atoms with van der Waals surface area (Å²) in [5.74, 6) is -0.0123. The van der Waals surface area contributed by atoms with Crippen LogP contribution in [0.15, 0.2) is 30.5 Å². The summed E-state index contributed by atoms with van der Waals surface area (Å²) in [6, 6.07) is 8.00. The molecule has 0 saturated carbocycles. The fraction of sp³-hybridized carbons (Fsp3) is 0.357. The molecule has 5 nitrogen and oxygen atoms in total. The van der Waals surface area contributed by atoms with E-state index in [1.54, 1.807) is 17.8 Å². The number of aromatic nitrogens is 3. The van der Waals surface area contributed by atoms with Gasteiger partial charge in [-0.3, -0.25) is 0 Å². The second kappa shape index (κ2) is 5.65. The highest BCUT2D eigenvalue weighted by atomic mass is 16.5. The number of carbonyl (C=O) groups is 1. The van der Waals surface area contributed by atoms with Gasteiger partial charge in [-0.05, 0) is 30.5 Å². The van der Waals surface area contributed by atoms with Gasteiger partial charge in [0.1, 0.15) is 0 Å². The highest BCUT2D eigenvalue weighted by Crippen LogP contribution is 2.17. The van der Waals surface area contributed by atoms with Crippen LogP contribution >= 0.6 is 0 Å². The minimum atomic E-state index is -0.450. The lowest BCUT2D eigenvalue weighted by atomic mass is 10.0. The zero-order valence-corrected chi connectivity index (χ0v) is 11.3. The lowest BCUT2D eigenvalue weighted by molar-refractivity contribution is 0.0519. The third kappa shape index (κ3) is 2.99. The molecule has 0 spiro atoms. The van der Waals surface area contributed by atoms with E-state index in [1.807, 2.05) is 18.2 Å². The van der Waals surface area contributed by atoms with Gasteiger partial charge < -0.3 is 4.74 Å². The monoisotopic (exact) mass is 259 g/mol. The van der Waals surface area contributed by atoms with Gasteiger partial charge in [-0.15, -0.1) is 5.10 Å². The predicted octanol–water partition coefficient (Wildman–Crippen LogP) is 2.57. The van der Waals surface area contributed by atoms with Crippen LogP contribution in [0.4, 0.5) is 0 Å². The number of hydrogen-bond donors (Lipinski definition) is 0. The van der Waals surface area contributed by atoms with E-state index in [0.29, 0.717) is 12.5 Å². The van der Waals surface area contributed by atoms with Crippen molar-refractivity contribution >= 4 is 5.97 Å². The molecule has 0 N–H and O–H groups in total. The normalized spacial score (nSPS) is 10.7. The van der Waals surface area contributed by atoms with E-state index in [0.717, 1.165) is 5.69 Å². The van der Waals surface area contributed by atoms with Gasteiger partial charge in [0.2, 0.25) is 0 Å². The zero-order valence-electron chi connectivity index (χ0n) is 11.3. The van der Waals surface area contributed by atoms with Crippen molar-refractivity contribution in [1.29, 1.82) is 0 Å². The van der Waals surface area contributed by atoms with Gasteiger partial charge in [-0.25, -0.2) is 9.48 Å². The van der Waals surface area contributed by atoms with Crippen molar-refractivity contribution in [2.24, 2.45) is 0 Å². The quantitative estimate of drug-likeness (QED) is 0.792. The van der Waals surface area contributed by atoms with Crippen LogP contribution in [0.3, 0.4) is 0 Å². The molecule has 1 aromatic carbocycles. The van der Waals surface area contributed by atoms with Crippen molar-refractivity contribution in [3.8, 4) is 5.69 Å². The minimum Gasteiger partial charge on any atom is -0.461 e. The van der Waals surface area contributed by atoms with Gasteiger partial charge in [0.25, 0.3) is 0 Å². The fourth-order valence-electron chi connectivity index (χ4n) is 1.71. The van der Waals surface area contributed by atoms with Crippen LogP contribution < -0.4 is 0 Å². The summed E-state index contributed by atoms with van der Waals surface area (Å²) in [5.41, 5.74) is 2.32. The molecule has 1 aromatic heterocycles. The molecule has 0 amide bonds. The first kappa shape index (κ1) is 13.3. The highest BCUT2D eigenvalue weighted by molar-refractivity contribution is 5.86. The summed E-state index contributed by atoms with van der Waals surface area (Å²) in [7, 11) is 0. The van der Waals surface area contributed by atoms with Crippen molar-refractivity contribution in [3.63, 3.8) is 0 Å². The van der Waals surface area contributed by atoms with Crippen LogP contribution in [0.25, 0.3) is 5.69 Å². The number of hydrogen-bond acceptors (Lipinski definition) is 4. The Balaban J connectivity index is 2.27. The van der Waals surface area contributed by atoms with Gasteiger partial charge in [0.15, 0.2) is 5.69 Å². The average molecular weight is 259 g/mol. The lowest BCUT2D eigenvalue weighted by Crippen LogP contribution is -2.04. The number of rotatable bonds is 4. The molecular formula is C14H17N3O2. The maximum atomic E-state index is 11.5. The molecule has 2 rings (SSSR count). The summed E-state index contributed by atoms with van der Waals surface area (Å²) in [4.78, 5) is 11.5. The molecule has 0 bridgehead atoms. The molecule has 2 aromatic rings. The van der Waals surface area contributed by atoms with Crippen molar-refractivity contribution < 1.29 is 9.53 Å². The largest absolute Gasteiger partial charge is 0.461 e. The minimum absolute atomic E-state index is 0.219. The molecule has 0 fully saturated rings. The van der Waals surface area contributed by atoms with Crippen LogP contribution in [0.1, 0.15) is 42.7 Å². The first-order chi connectivity index (χ1) is 9.11. The van der Waals surface area contributed by atoms with E-state index < -0.39 is 5.97 Å². The van der Waals surface area contributed by atoms with Crippen LogP contribution in [0.5, 0.6) is 0 Å². The van der Waals surface area contributed by atoms with E-state index in [9.17, 15) is 4.79 Å². The van der Waals surface area contributed by atoms with E-state index in [1.165, 1.54) is 5.56 Å². The molecule has 0 aliphatic heterocycles. The standard InChI is InChI=1S/C14H17N3O2/c1-4-19-14(18)13-9-17(16-15-13)12-7-5-6-11(8-12)10(2)3/h5-10H,4H2,1-3H3. The molecule has 0 unspecified atom stereocenters. The van der Waals surface area contributed by atoms with Crippen LogP contribution in [0.2, 0.25) is 0 Å².